The lowest BCUT2D eigenvalue weighted by Crippen LogP contribution is -2.43. The number of amides is 1. The molecule has 1 saturated carbocycles. The van der Waals surface area contributed by atoms with Crippen molar-refractivity contribution in [2.45, 2.75) is 31.2 Å². The highest BCUT2D eigenvalue weighted by Gasteiger charge is 2.48. The van der Waals surface area contributed by atoms with E-state index in [9.17, 15) is 23.2 Å². The van der Waals surface area contributed by atoms with Gasteiger partial charge in [0.2, 0.25) is 5.92 Å². The second kappa shape index (κ2) is 9.18. The lowest BCUT2D eigenvalue weighted by molar-refractivity contribution is -0.160. The number of Topliss-reactive ketones (excluding diaryl/α,β-unsaturated/α-hetero) is 1. The number of carbonyl (C=O) groups is 3. The molecule has 0 bridgehead atoms. The molecule has 1 saturated heterocycles. The maximum Gasteiger partial charge on any atom is 0.309 e. The fourth-order valence-electron chi connectivity index (χ4n) is 4.05. The number of morpholine rings is 1. The fraction of sp³-hybridized carbons (Fsp3) is 0.571. The van der Waals surface area contributed by atoms with Crippen LogP contribution >= 0.6 is 0 Å². The highest BCUT2D eigenvalue weighted by molar-refractivity contribution is 5.95. The summed E-state index contributed by atoms with van der Waals surface area (Å²) in [5, 5.41) is 0. The van der Waals surface area contributed by atoms with Gasteiger partial charge in [0, 0.05) is 37.4 Å². The summed E-state index contributed by atoms with van der Waals surface area (Å²) in [5.41, 5.74) is 7.03. The van der Waals surface area contributed by atoms with Gasteiger partial charge in [-0.25, -0.2) is 8.78 Å². The number of esters is 1. The minimum atomic E-state index is -3.01. The van der Waals surface area contributed by atoms with Gasteiger partial charge in [0.05, 0.1) is 32.3 Å². The summed E-state index contributed by atoms with van der Waals surface area (Å²) >= 11 is 0. The zero-order chi connectivity index (χ0) is 21.9. The van der Waals surface area contributed by atoms with E-state index in [1.807, 2.05) is 0 Å². The van der Waals surface area contributed by atoms with Crippen LogP contribution in [0.15, 0.2) is 24.3 Å². The molecular formula is C21H26F2N2O5. The molecule has 1 amide bonds. The van der Waals surface area contributed by atoms with Crippen molar-refractivity contribution < 1.29 is 32.6 Å². The number of nitrogens with zero attached hydrogens (tertiary/aromatic N) is 1. The summed E-state index contributed by atoms with van der Waals surface area (Å²) in [4.78, 5) is 39.1. The number of rotatable bonds is 5. The minimum Gasteiger partial charge on any atom is -0.469 e. The van der Waals surface area contributed by atoms with E-state index in [2.05, 4.69) is 4.74 Å². The molecule has 0 aromatic heterocycles. The Bertz CT molecular complexity index is 793. The van der Waals surface area contributed by atoms with Crippen molar-refractivity contribution in [3.8, 4) is 0 Å². The molecule has 30 heavy (non-hydrogen) atoms. The number of ether oxygens (including phenoxy) is 2. The SMILES string of the molecule is COC(=O)C1CC(F)(F)CCC1C(=O)C(N)c1ccc(C(=O)N2CCOCC2)cc1. The first-order valence-corrected chi connectivity index (χ1v) is 9.95. The molecule has 3 unspecified atom stereocenters. The zero-order valence-electron chi connectivity index (χ0n) is 16.8. The van der Waals surface area contributed by atoms with Gasteiger partial charge in [-0.05, 0) is 24.1 Å². The molecule has 1 aliphatic heterocycles. The van der Waals surface area contributed by atoms with Crippen LogP contribution in [0.5, 0.6) is 0 Å². The smallest absolute Gasteiger partial charge is 0.309 e. The maximum absolute atomic E-state index is 13.8. The Balaban J connectivity index is 1.71. The molecule has 7 nitrogen and oxygen atoms in total. The van der Waals surface area contributed by atoms with Crippen LogP contribution in [0.4, 0.5) is 8.78 Å². The highest BCUT2D eigenvalue weighted by atomic mass is 19.3. The topological polar surface area (TPSA) is 98.9 Å². The summed E-state index contributed by atoms with van der Waals surface area (Å²) < 4.78 is 37.5. The van der Waals surface area contributed by atoms with Crippen molar-refractivity contribution >= 4 is 17.7 Å². The average Bonchev–Trinajstić information content (AvgIpc) is 2.77. The molecule has 1 aliphatic carbocycles. The Morgan fingerprint density at radius 2 is 1.80 bits per heavy atom. The fourth-order valence-corrected chi connectivity index (χ4v) is 4.05. The molecule has 1 aromatic carbocycles. The third kappa shape index (κ3) is 4.84. The monoisotopic (exact) mass is 424 g/mol. The van der Waals surface area contributed by atoms with Gasteiger partial charge in [-0.1, -0.05) is 12.1 Å². The van der Waals surface area contributed by atoms with E-state index in [1.54, 1.807) is 29.2 Å². The third-order valence-corrected chi connectivity index (χ3v) is 5.82. The molecule has 0 spiro atoms. The lowest BCUT2D eigenvalue weighted by atomic mass is 9.73. The van der Waals surface area contributed by atoms with Crippen molar-refractivity contribution in [2.75, 3.05) is 33.4 Å². The third-order valence-electron chi connectivity index (χ3n) is 5.82. The van der Waals surface area contributed by atoms with Crippen molar-refractivity contribution in [3.63, 3.8) is 0 Å². The van der Waals surface area contributed by atoms with Gasteiger partial charge in [0.1, 0.15) is 0 Å². The summed E-state index contributed by atoms with van der Waals surface area (Å²) in [5.74, 6) is -6.60. The molecule has 2 N–H and O–H groups in total. The van der Waals surface area contributed by atoms with E-state index in [4.69, 9.17) is 10.5 Å². The molecule has 1 aromatic rings. The first-order chi connectivity index (χ1) is 14.2. The molecule has 3 atom stereocenters. The van der Waals surface area contributed by atoms with Crippen LogP contribution < -0.4 is 5.73 Å². The van der Waals surface area contributed by atoms with E-state index >= 15 is 0 Å². The molecule has 1 heterocycles. The van der Waals surface area contributed by atoms with Crippen LogP contribution in [0.2, 0.25) is 0 Å². The number of benzene rings is 1. The molecular weight excluding hydrogens is 398 g/mol. The van der Waals surface area contributed by atoms with Crippen molar-refractivity contribution in [2.24, 2.45) is 17.6 Å². The molecule has 2 aliphatic rings. The summed E-state index contributed by atoms with van der Waals surface area (Å²) in [6, 6.07) is 5.27. The maximum atomic E-state index is 13.8. The second-order valence-electron chi connectivity index (χ2n) is 7.74. The first kappa shape index (κ1) is 22.3. The number of alkyl halides is 2. The Morgan fingerprint density at radius 1 is 1.17 bits per heavy atom. The summed E-state index contributed by atoms with van der Waals surface area (Å²) in [6.07, 6.45) is -1.33. The van der Waals surface area contributed by atoms with Crippen molar-refractivity contribution in [1.82, 2.24) is 4.90 Å². The Kier molecular flexibility index (Phi) is 6.82. The Hall–Kier alpha value is -2.39. The van der Waals surface area contributed by atoms with E-state index < -0.39 is 48.4 Å². The van der Waals surface area contributed by atoms with Crippen LogP contribution in [-0.4, -0.2) is 61.9 Å². The van der Waals surface area contributed by atoms with Gasteiger partial charge in [-0.15, -0.1) is 0 Å². The molecule has 3 rings (SSSR count). The average molecular weight is 424 g/mol. The van der Waals surface area contributed by atoms with Crippen LogP contribution in [0, 0.1) is 11.8 Å². The number of halogens is 2. The van der Waals surface area contributed by atoms with E-state index in [1.165, 1.54) is 0 Å². The first-order valence-electron chi connectivity index (χ1n) is 9.95. The second-order valence-corrected chi connectivity index (χ2v) is 7.74. The number of carbonyl (C=O) groups excluding carboxylic acids is 3. The normalized spacial score (nSPS) is 24.7. The van der Waals surface area contributed by atoms with Crippen LogP contribution in [0.3, 0.4) is 0 Å². The summed E-state index contributed by atoms with van der Waals surface area (Å²) in [7, 11) is 1.11. The van der Waals surface area contributed by atoms with Crippen LogP contribution in [0.25, 0.3) is 0 Å². The Labute approximate surface area is 173 Å². The lowest BCUT2D eigenvalue weighted by Gasteiger charge is -2.34. The molecule has 2 fully saturated rings. The molecule has 164 valence electrons. The van der Waals surface area contributed by atoms with Gasteiger partial charge < -0.3 is 20.1 Å². The largest absolute Gasteiger partial charge is 0.469 e. The minimum absolute atomic E-state index is 0.132. The van der Waals surface area contributed by atoms with Crippen LogP contribution in [0.1, 0.15) is 41.2 Å². The number of hydrogen-bond donors (Lipinski definition) is 1. The van der Waals surface area contributed by atoms with E-state index in [-0.39, 0.29) is 12.3 Å². The van der Waals surface area contributed by atoms with Gasteiger partial charge in [0.25, 0.3) is 5.91 Å². The molecule has 0 radical (unpaired) electrons. The quantitative estimate of drug-likeness (QED) is 0.726. The molecule has 9 heteroatoms. The van der Waals surface area contributed by atoms with Gasteiger partial charge >= 0.3 is 5.97 Å². The van der Waals surface area contributed by atoms with E-state index in [0.717, 1.165) is 7.11 Å². The predicted molar refractivity (Wildman–Crippen MR) is 103 cm³/mol. The van der Waals surface area contributed by atoms with Gasteiger partial charge in [-0.3, -0.25) is 14.4 Å². The van der Waals surface area contributed by atoms with E-state index in [0.29, 0.717) is 37.4 Å². The summed E-state index contributed by atoms with van der Waals surface area (Å²) in [6.45, 7) is 2.01. The highest BCUT2D eigenvalue weighted by Crippen LogP contribution is 2.42. The number of hydrogen-bond acceptors (Lipinski definition) is 6. The number of nitrogens with two attached hydrogens (primary N) is 1. The number of methoxy groups -OCH3 is 1. The van der Waals surface area contributed by atoms with Gasteiger partial charge in [0.15, 0.2) is 5.78 Å². The van der Waals surface area contributed by atoms with Crippen molar-refractivity contribution in [3.05, 3.63) is 35.4 Å². The van der Waals surface area contributed by atoms with Crippen LogP contribution in [-0.2, 0) is 19.1 Å². The predicted octanol–water partition coefficient (Wildman–Crippen LogP) is 1.95. The zero-order valence-corrected chi connectivity index (χ0v) is 16.8. The van der Waals surface area contributed by atoms with Gasteiger partial charge in [-0.2, -0.15) is 0 Å². The standard InChI is InChI=1S/C21H26F2N2O5/c1-29-20(28)16-12-21(22,23)7-6-15(16)18(26)17(24)13-2-4-14(5-3-13)19(27)25-8-10-30-11-9-25/h2-5,15-17H,6-12,24H2,1H3. The Morgan fingerprint density at radius 3 is 2.40 bits per heavy atom. The van der Waals surface area contributed by atoms with Crippen molar-refractivity contribution in [1.29, 1.82) is 0 Å². The number of ketones is 1.